The minimum absolute atomic E-state index is 0.000628. The molecule has 1 atom stereocenters. The smallest absolute Gasteiger partial charge is 0.226 e. The summed E-state index contributed by atoms with van der Waals surface area (Å²) >= 11 is 3.18. The second-order valence-electron chi connectivity index (χ2n) is 5.31. The van der Waals surface area contributed by atoms with E-state index in [1.807, 2.05) is 29.8 Å². The molecule has 0 radical (unpaired) electrons. The Morgan fingerprint density at radius 3 is 2.95 bits per heavy atom. The van der Waals surface area contributed by atoms with Gasteiger partial charge in [-0.3, -0.25) is 4.79 Å². The minimum atomic E-state index is -0.562. The predicted molar refractivity (Wildman–Crippen MR) is 89.3 cm³/mol. The van der Waals surface area contributed by atoms with Crippen molar-refractivity contribution >= 4 is 28.6 Å². The number of carbonyl (C=O) groups excluding carboxylic acids is 1. The zero-order valence-corrected chi connectivity index (χ0v) is 14.3. The number of methoxy groups -OCH3 is 1. The van der Waals surface area contributed by atoms with Crippen molar-refractivity contribution in [2.24, 2.45) is 0 Å². The van der Waals surface area contributed by atoms with Crippen LogP contribution in [0.4, 0.5) is 0 Å². The van der Waals surface area contributed by atoms with Crippen LogP contribution in [-0.4, -0.2) is 41.9 Å². The quantitative estimate of drug-likeness (QED) is 0.774. The molecule has 2 heterocycles. The molecular weight excluding hydrogens is 320 g/mol. The lowest BCUT2D eigenvalue weighted by atomic mass is 9.99. The monoisotopic (exact) mass is 340 g/mol. The third kappa shape index (κ3) is 4.61. The average molecular weight is 340 g/mol. The summed E-state index contributed by atoms with van der Waals surface area (Å²) in [5, 5.41) is 16.9. The number of thiazole rings is 1. The first-order chi connectivity index (χ1) is 10.6. The van der Waals surface area contributed by atoms with E-state index in [-0.39, 0.29) is 18.9 Å². The van der Waals surface area contributed by atoms with Crippen LogP contribution >= 0.6 is 22.7 Å². The first-order valence-electron chi connectivity index (χ1n) is 6.95. The maximum atomic E-state index is 12.2. The molecule has 22 heavy (non-hydrogen) atoms. The molecule has 0 saturated carbocycles. The van der Waals surface area contributed by atoms with Crippen LogP contribution < -0.4 is 5.32 Å². The van der Waals surface area contributed by atoms with Crippen LogP contribution in [0.1, 0.15) is 19.0 Å². The van der Waals surface area contributed by atoms with E-state index in [1.165, 1.54) is 0 Å². The molecule has 2 N–H and O–H groups in total. The number of amides is 1. The number of hydrogen-bond acceptors (Lipinski definition) is 6. The Morgan fingerprint density at radius 1 is 1.50 bits per heavy atom. The van der Waals surface area contributed by atoms with Gasteiger partial charge in [0.15, 0.2) is 0 Å². The van der Waals surface area contributed by atoms with Crippen LogP contribution in [0, 0.1) is 0 Å². The van der Waals surface area contributed by atoms with Gasteiger partial charge in [0, 0.05) is 19.1 Å². The van der Waals surface area contributed by atoms with Crippen LogP contribution in [0.5, 0.6) is 0 Å². The van der Waals surface area contributed by atoms with E-state index in [0.29, 0.717) is 13.0 Å². The summed E-state index contributed by atoms with van der Waals surface area (Å²) in [5.41, 5.74) is 0.197. The molecule has 5 nitrogen and oxygen atoms in total. The number of hydrogen-bond donors (Lipinski definition) is 2. The molecule has 7 heteroatoms. The van der Waals surface area contributed by atoms with E-state index in [1.54, 1.807) is 29.8 Å². The molecule has 120 valence electrons. The molecule has 0 aromatic carbocycles. The number of aliphatic hydroxyl groups excluding tert-OH is 1. The molecule has 0 fully saturated rings. The van der Waals surface area contributed by atoms with Crippen molar-refractivity contribution in [2.75, 3.05) is 20.3 Å². The largest absolute Gasteiger partial charge is 0.396 e. The van der Waals surface area contributed by atoms with E-state index >= 15 is 0 Å². The molecule has 1 unspecified atom stereocenters. The highest BCUT2D eigenvalue weighted by Gasteiger charge is 2.26. The van der Waals surface area contributed by atoms with Crippen molar-refractivity contribution < 1.29 is 14.6 Å². The van der Waals surface area contributed by atoms with Gasteiger partial charge in [-0.2, -0.15) is 0 Å². The number of ether oxygens (including phenoxy) is 1. The number of nitrogens with one attached hydrogen (secondary N) is 1. The Bertz CT molecular complexity index is 590. The number of carbonyl (C=O) groups is 1. The molecule has 1 amide bonds. The van der Waals surface area contributed by atoms with Crippen LogP contribution in [0.25, 0.3) is 9.88 Å². The van der Waals surface area contributed by atoms with Crippen LogP contribution in [0.15, 0.2) is 22.9 Å². The standard InChI is InChI=1S/C15H20N2O3S2/c1-15(5-6-18,10-20-2)17-13(19)8-11-9-22-14(16-11)12-4-3-7-21-12/h3-4,7,9,18H,5-6,8,10H2,1-2H3,(H,17,19). The Morgan fingerprint density at radius 2 is 2.32 bits per heavy atom. The highest BCUT2D eigenvalue weighted by Crippen LogP contribution is 2.27. The second kappa shape index (κ2) is 7.82. The van der Waals surface area contributed by atoms with Crippen molar-refractivity contribution in [3.63, 3.8) is 0 Å². The fraction of sp³-hybridized carbons (Fsp3) is 0.467. The van der Waals surface area contributed by atoms with Crippen LogP contribution in [-0.2, 0) is 16.0 Å². The summed E-state index contributed by atoms with van der Waals surface area (Å²) in [6, 6.07) is 4.00. The molecule has 2 aromatic heterocycles. The van der Waals surface area contributed by atoms with Crippen molar-refractivity contribution in [2.45, 2.75) is 25.3 Å². The Kier molecular flexibility index (Phi) is 6.07. The average Bonchev–Trinajstić information content (AvgIpc) is 3.08. The molecule has 0 aliphatic carbocycles. The second-order valence-corrected chi connectivity index (χ2v) is 7.12. The van der Waals surface area contributed by atoms with Gasteiger partial charge < -0.3 is 15.2 Å². The molecule has 0 saturated heterocycles. The lowest BCUT2D eigenvalue weighted by Gasteiger charge is -2.29. The first kappa shape index (κ1) is 17.1. The molecule has 0 aliphatic heterocycles. The SMILES string of the molecule is COCC(C)(CCO)NC(=O)Cc1csc(-c2cccs2)n1. The van der Waals surface area contributed by atoms with E-state index < -0.39 is 5.54 Å². The molecule has 0 bridgehead atoms. The topological polar surface area (TPSA) is 71.5 Å². The zero-order valence-electron chi connectivity index (χ0n) is 12.7. The van der Waals surface area contributed by atoms with Gasteiger partial charge in [-0.1, -0.05) is 6.07 Å². The molecule has 2 rings (SSSR count). The molecule has 0 aliphatic rings. The molecular formula is C15H20N2O3S2. The maximum absolute atomic E-state index is 12.2. The molecule has 2 aromatic rings. The summed E-state index contributed by atoms with van der Waals surface area (Å²) in [7, 11) is 1.58. The van der Waals surface area contributed by atoms with Crippen molar-refractivity contribution in [1.29, 1.82) is 0 Å². The van der Waals surface area contributed by atoms with Gasteiger partial charge in [-0.25, -0.2) is 4.98 Å². The minimum Gasteiger partial charge on any atom is -0.396 e. The number of aromatic nitrogens is 1. The van der Waals surface area contributed by atoms with E-state index in [9.17, 15) is 4.79 Å². The van der Waals surface area contributed by atoms with Gasteiger partial charge in [0.2, 0.25) is 5.91 Å². The van der Waals surface area contributed by atoms with Crippen molar-refractivity contribution in [3.05, 3.63) is 28.6 Å². The highest BCUT2D eigenvalue weighted by atomic mass is 32.1. The van der Waals surface area contributed by atoms with Crippen molar-refractivity contribution in [3.8, 4) is 9.88 Å². The normalized spacial score (nSPS) is 13.8. The Balaban J connectivity index is 1.97. The van der Waals surface area contributed by atoms with Gasteiger partial charge in [-0.15, -0.1) is 22.7 Å². The van der Waals surface area contributed by atoms with E-state index in [0.717, 1.165) is 15.6 Å². The predicted octanol–water partition coefficient (Wildman–Crippen LogP) is 2.32. The third-order valence-corrected chi connectivity index (χ3v) is 5.12. The van der Waals surface area contributed by atoms with Gasteiger partial charge in [0.1, 0.15) is 5.01 Å². The summed E-state index contributed by atoms with van der Waals surface area (Å²) in [6.45, 7) is 2.22. The summed E-state index contributed by atoms with van der Waals surface area (Å²) in [5.74, 6) is -0.115. The number of rotatable bonds is 8. The van der Waals surface area contributed by atoms with Crippen LogP contribution in [0.2, 0.25) is 0 Å². The Labute approximate surface area is 138 Å². The summed E-state index contributed by atoms with van der Waals surface area (Å²) in [4.78, 5) is 17.8. The van der Waals surface area contributed by atoms with Gasteiger partial charge >= 0.3 is 0 Å². The van der Waals surface area contributed by atoms with Crippen LogP contribution in [0.3, 0.4) is 0 Å². The van der Waals surface area contributed by atoms with Gasteiger partial charge in [0.25, 0.3) is 0 Å². The summed E-state index contributed by atoms with van der Waals surface area (Å²) < 4.78 is 5.13. The number of aliphatic hydroxyl groups is 1. The Hall–Kier alpha value is -1.28. The first-order valence-corrected chi connectivity index (χ1v) is 8.71. The number of nitrogens with zero attached hydrogens (tertiary/aromatic N) is 1. The maximum Gasteiger partial charge on any atom is 0.226 e. The molecule has 0 spiro atoms. The van der Waals surface area contributed by atoms with Crippen molar-refractivity contribution in [1.82, 2.24) is 10.3 Å². The third-order valence-electron chi connectivity index (χ3n) is 3.19. The fourth-order valence-corrected chi connectivity index (χ4v) is 3.82. The fourth-order valence-electron chi connectivity index (χ4n) is 2.18. The highest BCUT2D eigenvalue weighted by molar-refractivity contribution is 7.20. The lowest BCUT2D eigenvalue weighted by Crippen LogP contribution is -2.50. The van der Waals surface area contributed by atoms with E-state index in [2.05, 4.69) is 10.3 Å². The lowest BCUT2D eigenvalue weighted by molar-refractivity contribution is -0.123. The summed E-state index contributed by atoms with van der Waals surface area (Å²) in [6.07, 6.45) is 0.677. The number of thiophene rings is 1. The zero-order chi connectivity index (χ0) is 16.0. The van der Waals surface area contributed by atoms with Gasteiger partial charge in [0.05, 0.1) is 29.1 Å². The van der Waals surface area contributed by atoms with E-state index in [4.69, 9.17) is 9.84 Å². The van der Waals surface area contributed by atoms with Gasteiger partial charge in [-0.05, 0) is 24.8 Å².